The molecule has 7 nitrogen and oxygen atoms in total. The van der Waals surface area contributed by atoms with Gasteiger partial charge in [0, 0.05) is 12.1 Å². The molecule has 0 spiro atoms. The molecule has 0 unspecified atom stereocenters. The Labute approximate surface area is 171 Å². The van der Waals surface area contributed by atoms with Crippen molar-refractivity contribution < 1.29 is 21.6 Å². The van der Waals surface area contributed by atoms with Crippen LogP contribution in [0.1, 0.15) is 42.9 Å². The van der Waals surface area contributed by atoms with E-state index in [4.69, 9.17) is 0 Å². The molecule has 2 aromatic rings. The van der Waals surface area contributed by atoms with Crippen LogP contribution in [0.3, 0.4) is 0 Å². The molecular weight excluding hydrogens is 412 g/mol. The molecule has 0 radical (unpaired) electrons. The number of sulfonamides is 2. The maximum atomic E-state index is 13.0. The molecule has 1 N–H and O–H groups in total. The summed E-state index contributed by atoms with van der Waals surface area (Å²) in [4.78, 5) is 12.1. The molecule has 0 bridgehead atoms. The van der Waals surface area contributed by atoms with Crippen LogP contribution in [0.5, 0.6) is 0 Å². The predicted molar refractivity (Wildman–Crippen MR) is 113 cm³/mol. The van der Waals surface area contributed by atoms with Crippen molar-refractivity contribution in [2.75, 3.05) is 14.8 Å². The zero-order valence-electron chi connectivity index (χ0n) is 16.8. The van der Waals surface area contributed by atoms with E-state index in [2.05, 4.69) is 18.6 Å². The summed E-state index contributed by atoms with van der Waals surface area (Å²) in [7, 11) is -7.61. The first-order chi connectivity index (χ1) is 13.4. The highest BCUT2D eigenvalue weighted by atomic mass is 32.2. The lowest BCUT2D eigenvalue weighted by Crippen LogP contribution is -2.29. The van der Waals surface area contributed by atoms with Crippen LogP contribution in [0, 0.1) is 13.8 Å². The standard InChI is InChI=1S/C20H24N2O5S2/c1-13(2)16-5-7-17(8-6-16)21-29(26,27)20-14(3)11-18(12-15(20)4)22-19(23)9-10-28(22,24)25/h5-8,11-13,21H,9-10H2,1-4H3. The monoisotopic (exact) mass is 436 g/mol. The molecule has 156 valence electrons. The number of carbonyl (C=O) groups excluding carboxylic acids is 1. The topological polar surface area (TPSA) is 101 Å². The van der Waals surface area contributed by atoms with E-state index >= 15 is 0 Å². The van der Waals surface area contributed by atoms with Crippen molar-refractivity contribution in [2.45, 2.75) is 44.9 Å². The van der Waals surface area contributed by atoms with Gasteiger partial charge in [-0.1, -0.05) is 26.0 Å². The molecule has 1 aliphatic rings. The molecule has 0 atom stereocenters. The van der Waals surface area contributed by atoms with E-state index < -0.39 is 26.0 Å². The van der Waals surface area contributed by atoms with Crippen LogP contribution >= 0.6 is 0 Å². The van der Waals surface area contributed by atoms with Gasteiger partial charge in [-0.15, -0.1) is 0 Å². The second kappa shape index (κ2) is 7.46. The minimum atomic E-state index is -3.89. The van der Waals surface area contributed by atoms with E-state index in [-0.39, 0.29) is 22.8 Å². The van der Waals surface area contributed by atoms with Crippen molar-refractivity contribution in [1.82, 2.24) is 0 Å². The number of anilines is 2. The zero-order valence-corrected chi connectivity index (χ0v) is 18.4. The summed E-state index contributed by atoms with van der Waals surface area (Å²) < 4.78 is 53.6. The third-order valence-corrected chi connectivity index (χ3v) is 8.23. The van der Waals surface area contributed by atoms with Crippen LogP contribution in [0.15, 0.2) is 41.3 Å². The van der Waals surface area contributed by atoms with E-state index in [1.807, 2.05) is 12.1 Å². The molecular formula is C20H24N2O5S2. The van der Waals surface area contributed by atoms with Gasteiger partial charge in [0.15, 0.2) is 0 Å². The molecule has 0 saturated carbocycles. The molecule has 1 amide bonds. The third kappa shape index (κ3) is 4.16. The van der Waals surface area contributed by atoms with E-state index in [1.165, 1.54) is 12.1 Å². The van der Waals surface area contributed by atoms with E-state index in [9.17, 15) is 21.6 Å². The number of carbonyl (C=O) groups is 1. The number of amides is 1. The lowest BCUT2D eigenvalue weighted by molar-refractivity contribution is -0.116. The molecule has 1 fully saturated rings. The molecule has 0 aliphatic carbocycles. The van der Waals surface area contributed by atoms with Crippen molar-refractivity contribution in [3.05, 3.63) is 53.1 Å². The van der Waals surface area contributed by atoms with Crippen molar-refractivity contribution in [3.8, 4) is 0 Å². The number of rotatable bonds is 5. The zero-order chi connectivity index (χ0) is 21.6. The van der Waals surface area contributed by atoms with Crippen molar-refractivity contribution in [2.24, 2.45) is 0 Å². The summed E-state index contributed by atoms with van der Waals surface area (Å²) in [5, 5.41) is 0. The Morgan fingerprint density at radius 3 is 2.03 bits per heavy atom. The summed E-state index contributed by atoms with van der Waals surface area (Å²) in [6, 6.07) is 10.0. The number of nitrogens with one attached hydrogen (secondary N) is 1. The fourth-order valence-electron chi connectivity index (χ4n) is 3.48. The molecule has 1 aliphatic heterocycles. The fraction of sp³-hybridized carbons (Fsp3) is 0.350. The van der Waals surface area contributed by atoms with Gasteiger partial charge < -0.3 is 0 Å². The number of aryl methyl sites for hydroxylation is 2. The molecule has 1 saturated heterocycles. The fourth-order valence-corrected chi connectivity index (χ4v) is 6.44. The first-order valence-corrected chi connectivity index (χ1v) is 12.3. The lowest BCUT2D eigenvalue weighted by atomic mass is 10.0. The Bertz CT molecular complexity index is 1140. The highest BCUT2D eigenvalue weighted by molar-refractivity contribution is 7.94. The quantitative estimate of drug-likeness (QED) is 0.775. The summed E-state index contributed by atoms with van der Waals surface area (Å²) in [6.07, 6.45) is -0.0750. The average molecular weight is 437 g/mol. The van der Waals surface area contributed by atoms with E-state index in [0.717, 1.165) is 9.87 Å². The molecule has 9 heteroatoms. The Hall–Kier alpha value is -2.39. The highest BCUT2D eigenvalue weighted by Crippen LogP contribution is 2.32. The summed E-state index contributed by atoms with van der Waals surface area (Å²) in [6.45, 7) is 7.28. The second-order valence-corrected chi connectivity index (χ2v) is 11.1. The molecule has 29 heavy (non-hydrogen) atoms. The molecule has 1 heterocycles. The Morgan fingerprint density at radius 1 is 1.03 bits per heavy atom. The average Bonchev–Trinajstić information content (AvgIpc) is 2.86. The van der Waals surface area contributed by atoms with Gasteiger partial charge >= 0.3 is 0 Å². The first kappa shape index (κ1) is 21.3. The lowest BCUT2D eigenvalue weighted by Gasteiger charge is -2.19. The smallest absolute Gasteiger partial charge is 0.262 e. The Morgan fingerprint density at radius 2 is 1.59 bits per heavy atom. The molecule has 2 aromatic carbocycles. The van der Waals surface area contributed by atoms with Crippen molar-refractivity contribution in [1.29, 1.82) is 0 Å². The van der Waals surface area contributed by atoms with Crippen LogP contribution in [0.2, 0.25) is 0 Å². The second-order valence-electron chi connectivity index (χ2n) is 7.52. The van der Waals surface area contributed by atoms with Gasteiger partial charge in [0.05, 0.1) is 16.3 Å². The predicted octanol–water partition coefficient (Wildman–Crippen LogP) is 3.29. The number of benzene rings is 2. The van der Waals surface area contributed by atoms with Crippen LogP contribution in [0.4, 0.5) is 11.4 Å². The summed E-state index contributed by atoms with van der Waals surface area (Å²) in [5.74, 6) is -0.414. The minimum absolute atomic E-state index is 0.0678. The Kier molecular flexibility index (Phi) is 5.48. The van der Waals surface area contributed by atoms with Crippen LogP contribution in [0.25, 0.3) is 0 Å². The normalized spacial score (nSPS) is 16.4. The van der Waals surface area contributed by atoms with Gasteiger partial charge in [-0.25, -0.2) is 21.1 Å². The largest absolute Gasteiger partial charge is 0.280 e. The first-order valence-electron chi connectivity index (χ1n) is 9.22. The maximum absolute atomic E-state index is 13.0. The molecule has 3 rings (SSSR count). The summed E-state index contributed by atoms with van der Waals surface area (Å²) >= 11 is 0. The van der Waals surface area contributed by atoms with Gasteiger partial charge in [0.2, 0.25) is 15.9 Å². The summed E-state index contributed by atoms with van der Waals surface area (Å²) in [5.41, 5.74) is 2.43. The maximum Gasteiger partial charge on any atom is 0.262 e. The molecule has 0 aromatic heterocycles. The minimum Gasteiger partial charge on any atom is -0.280 e. The van der Waals surface area contributed by atoms with Crippen LogP contribution in [-0.2, 0) is 24.8 Å². The van der Waals surface area contributed by atoms with Gasteiger partial charge in [0.25, 0.3) is 10.0 Å². The van der Waals surface area contributed by atoms with Crippen LogP contribution < -0.4 is 9.03 Å². The number of hydrogen-bond acceptors (Lipinski definition) is 5. The number of nitrogens with zero attached hydrogens (tertiary/aromatic N) is 1. The number of hydrogen-bond donors (Lipinski definition) is 1. The highest BCUT2D eigenvalue weighted by Gasteiger charge is 2.37. The van der Waals surface area contributed by atoms with Crippen molar-refractivity contribution in [3.63, 3.8) is 0 Å². The third-order valence-electron chi connectivity index (χ3n) is 4.86. The van der Waals surface area contributed by atoms with E-state index in [0.29, 0.717) is 22.7 Å². The van der Waals surface area contributed by atoms with Gasteiger partial charge in [-0.2, -0.15) is 0 Å². The van der Waals surface area contributed by atoms with Gasteiger partial charge in [-0.3, -0.25) is 9.52 Å². The Balaban J connectivity index is 1.97. The van der Waals surface area contributed by atoms with Crippen molar-refractivity contribution >= 4 is 37.3 Å². The van der Waals surface area contributed by atoms with Gasteiger partial charge in [0.1, 0.15) is 0 Å². The van der Waals surface area contributed by atoms with E-state index in [1.54, 1.807) is 26.0 Å². The SMILES string of the molecule is Cc1cc(N2C(=O)CCS2(=O)=O)cc(C)c1S(=O)(=O)Nc1ccc(C(C)C)cc1. The van der Waals surface area contributed by atoms with Crippen LogP contribution in [-0.4, -0.2) is 28.5 Å². The van der Waals surface area contributed by atoms with Gasteiger partial charge in [-0.05, 0) is 60.7 Å².